The number of halogens is 1. The zero-order valence-corrected chi connectivity index (χ0v) is 12.7. The Morgan fingerprint density at radius 2 is 2.21 bits per heavy atom. The van der Waals surface area contributed by atoms with E-state index < -0.39 is 0 Å². The third kappa shape index (κ3) is 2.52. The smallest absolute Gasteiger partial charge is 0.270 e. The predicted molar refractivity (Wildman–Crippen MR) is 80.0 cm³/mol. The number of thioether (sulfide) groups is 1. The Balaban J connectivity index is 1.83. The molecule has 0 bridgehead atoms. The molecule has 2 atom stereocenters. The summed E-state index contributed by atoms with van der Waals surface area (Å²) < 4.78 is 1.84. The van der Waals surface area contributed by atoms with Crippen LogP contribution in [0.5, 0.6) is 0 Å². The second kappa shape index (κ2) is 5.41. The first-order valence-electron chi connectivity index (χ1n) is 6.91. The number of nitrogens with zero attached hydrogens (tertiary/aromatic N) is 2. The summed E-state index contributed by atoms with van der Waals surface area (Å²) in [5.74, 6) is 1.21. The van der Waals surface area contributed by atoms with Crippen LogP contribution in [0.3, 0.4) is 0 Å². The first-order chi connectivity index (χ1) is 9.16. The number of rotatable bonds is 1. The third-order valence-corrected chi connectivity index (χ3v) is 5.79. The van der Waals surface area contributed by atoms with Gasteiger partial charge in [0, 0.05) is 36.8 Å². The second-order valence-corrected chi connectivity index (χ2v) is 7.20. The molecule has 1 aliphatic carbocycles. The lowest BCUT2D eigenvalue weighted by molar-refractivity contribution is 0.0636. The van der Waals surface area contributed by atoms with Gasteiger partial charge in [-0.25, -0.2) is 0 Å². The highest BCUT2D eigenvalue weighted by Crippen LogP contribution is 2.36. The van der Waals surface area contributed by atoms with Gasteiger partial charge in [0.05, 0.1) is 5.02 Å². The van der Waals surface area contributed by atoms with Crippen LogP contribution in [0, 0.1) is 0 Å². The van der Waals surface area contributed by atoms with Crippen molar-refractivity contribution in [1.82, 2.24) is 9.47 Å². The number of fused-ring (bicyclic) bond motifs is 1. The minimum Gasteiger partial charge on any atom is -0.345 e. The minimum atomic E-state index is 0.145. The maximum atomic E-state index is 12.7. The van der Waals surface area contributed by atoms with Crippen molar-refractivity contribution in [2.45, 2.75) is 37.0 Å². The predicted octanol–water partition coefficient (Wildman–Crippen LogP) is 3.18. The molecule has 1 aromatic heterocycles. The number of hydrogen-bond acceptors (Lipinski definition) is 2. The quantitative estimate of drug-likeness (QED) is 0.795. The Morgan fingerprint density at radius 3 is 2.95 bits per heavy atom. The fourth-order valence-electron chi connectivity index (χ4n) is 3.23. The van der Waals surface area contributed by atoms with E-state index in [-0.39, 0.29) is 5.91 Å². The Morgan fingerprint density at radius 1 is 1.42 bits per heavy atom. The van der Waals surface area contributed by atoms with Gasteiger partial charge in [-0.2, -0.15) is 11.8 Å². The molecule has 0 radical (unpaired) electrons. The highest BCUT2D eigenvalue weighted by Gasteiger charge is 2.37. The van der Waals surface area contributed by atoms with Crippen molar-refractivity contribution in [2.24, 2.45) is 7.05 Å². The number of carbonyl (C=O) groups is 1. The Labute approximate surface area is 123 Å². The Hall–Kier alpha value is -0.610. The molecule has 1 aliphatic heterocycles. The molecule has 3 nitrogen and oxygen atoms in total. The minimum absolute atomic E-state index is 0.145. The van der Waals surface area contributed by atoms with E-state index in [2.05, 4.69) is 4.90 Å². The van der Waals surface area contributed by atoms with Gasteiger partial charge in [-0.05, 0) is 18.9 Å². The van der Waals surface area contributed by atoms with Gasteiger partial charge in [-0.3, -0.25) is 4.79 Å². The molecule has 5 heteroatoms. The highest BCUT2D eigenvalue weighted by atomic mass is 35.5. The van der Waals surface area contributed by atoms with E-state index in [1.165, 1.54) is 19.3 Å². The van der Waals surface area contributed by atoms with Crippen LogP contribution in [-0.4, -0.2) is 39.0 Å². The lowest BCUT2D eigenvalue weighted by Crippen LogP contribution is -2.52. The molecule has 0 N–H and O–H groups in total. The van der Waals surface area contributed by atoms with Gasteiger partial charge in [-0.1, -0.05) is 24.4 Å². The zero-order chi connectivity index (χ0) is 13.4. The van der Waals surface area contributed by atoms with Crippen molar-refractivity contribution in [3.8, 4) is 0 Å². The monoisotopic (exact) mass is 298 g/mol. The van der Waals surface area contributed by atoms with Crippen LogP contribution in [0.1, 0.15) is 36.2 Å². The van der Waals surface area contributed by atoms with Gasteiger partial charge in [-0.15, -0.1) is 0 Å². The molecular formula is C14H19ClN2OS. The van der Waals surface area contributed by atoms with Gasteiger partial charge in [0.1, 0.15) is 5.69 Å². The lowest BCUT2D eigenvalue weighted by Gasteiger charge is -2.43. The van der Waals surface area contributed by atoms with E-state index in [1.54, 1.807) is 12.3 Å². The van der Waals surface area contributed by atoms with Crippen molar-refractivity contribution in [2.75, 3.05) is 12.3 Å². The standard InChI is InChI=1S/C14H19ClN2OS/c1-16-9-10(15)8-12(16)14(18)17-6-7-19-13-5-3-2-4-11(13)17/h8-9,11,13H,2-7H2,1H3. The van der Waals surface area contributed by atoms with Crippen LogP contribution < -0.4 is 0 Å². The normalized spacial score (nSPS) is 27.2. The summed E-state index contributed by atoms with van der Waals surface area (Å²) in [5.41, 5.74) is 0.709. The summed E-state index contributed by atoms with van der Waals surface area (Å²) >= 11 is 8.04. The average Bonchev–Trinajstić information content (AvgIpc) is 2.76. The van der Waals surface area contributed by atoms with E-state index in [0.29, 0.717) is 22.0 Å². The summed E-state index contributed by atoms with van der Waals surface area (Å²) in [6, 6.07) is 2.21. The van der Waals surface area contributed by atoms with Gasteiger partial charge < -0.3 is 9.47 Å². The molecule has 1 saturated carbocycles. The van der Waals surface area contributed by atoms with Crippen LogP contribution in [-0.2, 0) is 7.05 Å². The largest absolute Gasteiger partial charge is 0.345 e. The summed E-state index contributed by atoms with van der Waals surface area (Å²) in [4.78, 5) is 14.8. The van der Waals surface area contributed by atoms with Crippen molar-refractivity contribution in [3.05, 3.63) is 23.0 Å². The van der Waals surface area contributed by atoms with Crippen LogP contribution in [0.15, 0.2) is 12.3 Å². The SMILES string of the molecule is Cn1cc(Cl)cc1C(=O)N1CCSC2CCCCC21. The van der Waals surface area contributed by atoms with Crippen molar-refractivity contribution in [1.29, 1.82) is 0 Å². The maximum Gasteiger partial charge on any atom is 0.270 e. The molecule has 104 valence electrons. The summed E-state index contributed by atoms with van der Waals surface area (Å²) in [5, 5.41) is 1.28. The van der Waals surface area contributed by atoms with E-state index in [1.807, 2.05) is 23.4 Å². The average molecular weight is 299 g/mol. The molecular weight excluding hydrogens is 280 g/mol. The molecule has 3 rings (SSSR count). The van der Waals surface area contributed by atoms with E-state index in [0.717, 1.165) is 18.7 Å². The fourth-order valence-corrected chi connectivity index (χ4v) is 4.93. The molecule has 2 heterocycles. The fraction of sp³-hybridized carbons (Fsp3) is 0.643. The summed E-state index contributed by atoms with van der Waals surface area (Å²) in [6.45, 7) is 0.869. The van der Waals surface area contributed by atoms with Crippen molar-refractivity contribution in [3.63, 3.8) is 0 Å². The molecule has 1 saturated heterocycles. The van der Waals surface area contributed by atoms with Crippen molar-refractivity contribution >= 4 is 29.3 Å². The topological polar surface area (TPSA) is 25.2 Å². The molecule has 2 fully saturated rings. The molecule has 2 unspecified atom stereocenters. The first kappa shape index (κ1) is 13.4. The molecule has 1 aromatic rings. The summed E-state index contributed by atoms with van der Waals surface area (Å²) in [7, 11) is 1.89. The number of carbonyl (C=O) groups excluding carboxylic acids is 1. The van der Waals surface area contributed by atoms with Crippen LogP contribution in [0.2, 0.25) is 5.02 Å². The third-order valence-electron chi connectivity index (χ3n) is 4.18. The second-order valence-electron chi connectivity index (χ2n) is 5.41. The molecule has 1 amide bonds. The van der Waals surface area contributed by atoms with Gasteiger partial charge in [0.15, 0.2) is 0 Å². The molecule has 2 aliphatic rings. The van der Waals surface area contributed by atoms with E-state index >= 15 is 0 Å². The van der Waals surface area contributed by atoms with Gasteiger partial charge in [0.2, 0.25) is 0 Å². The molecule has 0 spiro atoms. The van der Waals surface area contributed by atoms with Gasteiger partial charge in [0.25, 0.3) is 5.91 Å². The number of aromatic nitrogens is 1. The molecule has 19 heavy (non-hydrogen) atoms. The number of aryl methyl sites for hydroxylation is 1. The van der Waals surface area contributed by atoms with Crippen LogP contribution >= 0.6 is 23.4 Å². The van der Waals surface area contributed by atoms with Crippen molar-refractivity contribution < 1.29 is 4.79 Å². The lowest BCUT2D eigenvalue weighted by atomic mass is 9.93. The highest BCUT2D eigenvalue weighted by molar-refractivity contribution is 8.00. The zero-order valence-electron chi connectivity index (χ0n) is 11.1. The number of hydrogen-bond donors (Lipinski definition) is 0. The number of amides is 1. The summed E-state index contributed by atoms with van der Waals surface area (Å²) in [6.07, 6.45) is 6.77. The van der Waals surface area contributed by atoms with E-state index in [9.17, 15) is 4.79 Å². The molecule has 0 aromatic carbocycles. The Bertz CT molecular complexity index is 486. The Kier molecular flexibility index (Phi) is 3.81. The first-order valence-corrected chi connectivity index (χ1v) is 8.34. The van der Waals surface area contributed by atoms with Crippen LogP contribution in [0.25, 0.3) is 0 Å². The van der Waals surface area contributed by atoms with Gasteiger partial charge >= 0.3 is 0 Å². The van der Waals surface area contributed by atoms with Crippen LogP contribution in [0.4, 0.5) is 0 Å². The van der Waals surface area contributed by atoms with E-state index in [4.69, 9.17) is 11.6 Å². The maximum absolute atomic E-state index is 12.7.